The predicted octanol–water partition coefficient (Wildman–Crippen LogP) is 3.18. The van der Waals surface area contributed by atoms with Gasteiger partial charge in [-0.3, -0.25) is 4.99 Å². The number of fused-ring (bicyclic) bond motifs is 1. The number of halogens is 1. The summed E-state index contributed by atoms with van der Waals surface area (Å²) < 4.78 is 25.5. The summed E-state index contributed by atoms with van der Waals surface area (Å²) in [4.78, 5) is 29.2. The molecule has 2 aromatic rings. The van der Waals surface area contributed by atoms with Gasteiger partial charge in [0.2, 0.25) is 0 Å². The van der Waals surface area contributed by atoms with Gasteiger partial charge in [0.05, 0.1) is 24.6 Å². The molecule has 168 valence electrons. The number of amides is 1. The fourth-order valence-electron chi connectivity index (χ4n) is 4.02. The third-order valence-electron chi connectivity index (χ3n) is 6.16. The number of carbonyl (C=O) groups is 1. The van der Waals surface area contributed by atoms with Gasteiger partial charge in [0.1, 0.15) is 17.7 Å². The fraction of sp³-hybridized carbons (Fsp3) is 0.478. The Kier molecular flexibility index (Phi) is 5.19. The highest BCUT2D eigenvalue weighted by molar-refractivity contribution is 6.14. The summed E-state index contributed by atoms with van der Waals surface area (Å²) in [6, 6.07) is 5.17. The molecule has 2 fully saturated rings. The van der Waals surface area contributed by atoms with Gasteiger partial charge in [0.25, 0.3) is 0 Å². The van der Waals surface area contributed by atoms with Crippen LogP contribution in [0.4, 0.5) is 15.0 Å². The minimum Gasteiger partial charge on any atom is -0.484 e. The Morgan fingerprint density at radius 1 is 1.16 bits per heavy atom. The molecule has 1 amide bonds. The first-order valence-corrected chi connectivity index (χ1v) is 11.0. The molecule has 8 nitrogen and oxygen atoms in total. The number of aromatic nitrogens is 2. The van der Waals surface area contributed by atoms with Crippen LogP contribution in [0.25, 0.3) is 0 Å². The van der Waals surface area contributed by atoms with Gasteiger partial charge < -0.3 is 19.3 Å². The van der Waals surface area contributed by atoms with Crippen LogP contribution in [0.2, 0.25) is 0 Å². The van der Waals surface area contributed by atoms with E-state index in [2.05, 4.69) is 19.9 Å². The number of carbonyl (C=O) groups excluding carboxylic acids is 1. The van der Waals surface area contributed by atoms with E-state index >= 15 is 0 Å². The normalized spacial score (nSPS) is 18.8. The lowest BCUT2D eigenvalue weighted by Gasteiger charge is -2.34. The Bertz CT molecular complexity index is 1080. The fourth-order valence-corrected chi connectivity index (χ4v) is 4.02. The van der Waals surface area contributed by atoms with Crippen LogP contribution in [-0.4, -0.2) is 65.1 Å². The summed E-state index contributed by atoms with van der Waals surface area (Å²) in [7, 11) is 0. The Balaban J connectivity index is 1.34. The van der Waals surface area contributed by atoms with Gasteiger partial charge in [-0.05, 0) is 44.4 Å². The Hall–Kier alpha value is -3.23. The predicted molar refractivity (Wildman–Crippen MR) is 117 cm³/mol. The standard InChI is InChI=1S/C23H26FN5O3/c1-3-31-22(30)29-8-6-28(7-9-29)20-12-18(26-14-27-20)21-16-11-19(32-23(2)4-5-23)17(24)10-15(16)13-25-21/h10-12,14H,3-9,13H2,1-2H3. The molecule has 0 N–H and O–H groups in total. The van der Waals surface area contributed by atoms with Gasteiger partial charge >= 0.3 is 6.09 Å². The molecule has 1 saturated carbocycles. The zero-order valence-electron chi connectivity index (χ0n) is 18.3. The topological polar surface area (TPSA) is 80.2 Å². The van der Waals surface area contributed by atoms with Crippen molar-refractivity contribution in [2.75, 3.05) is 37.7 Å². The van der Waals surface area contributed by atoms with Crippen molar-refractivity contribution in [1.82, 2.24) is 14.9 Å². The average Bonchev–Trinajstić information content (AvgIpc) is 3.39. The zero-order valence-corrected chi connectivity index (χ0v) is 18.3. The quantitative estimate of drug-likeness (QED) is 0.712. The van der Waals surface area contributed by atoms with Crippen molar-refractivity contribution < 1.29 is 18.7 Å². The van der Waals surface area contributed by atoms with E-state index in [4.69, 9.17) is 9.47 Å². The van der Waals surface area contributed by atoms with E-state index in [0.29, 0.717) is 45.0 Å². The first-order valence-electron chi connectivity index (χ1n) is 11.0. The summed E-state index contributed by atoms with van der Waals surface area (Å²) in [5.41, 5.74) is 2.83. The molecule has 32 heavy (non-hydrogen) atoms. The Morgan fingerprint density at radius 3 is 2.66 bits per heavy atom. The molecule has 3 heterocycles. The van der Waals surface area contributed by atoms with Crippen LogP contribution in [-0.2, 0) is 11.3 Å². The maximum Gasteiger partial charge on any atom is 0.409 e. The summed E-state index contributed by atoms with van der Waals surface area (Å²) in [5, 5.41) is 0. The first kappa shape index (κ1) is 20.7. The van der Waals surface area contributed by atoms with Crippen molar-refractivity contribution >= 4 is 17.6 Å². The molecule has 2 aliphatic heterocycles. The molecule has 1 aliphatic carbocycles. The SMILES string of the molecule is CCOC(=O)N1CCN(c2cc(C3=NCc4cc(F)c(OC5(C)CC5)cc43)ncn2)CC1. The lowest BCUT2D eigenvalue weighted by Crippen LogP contribution is -2.49. The van der Waals surface area contributed by atoms with Crippen molar-refractivity contribution in [2.45, 2.75) is 38.8 Å². The Labute approximate surface area is 186 Å². The maximum atomic E-state index is 14.5. The molecule has 1 aromatic heterocycles. The molecular weight excluding hydrogens is 413 g/mol. The van der Waals surface area contributed by atoms with Crippen molar-refractivity contribution in [3.63, 3.8) is 0 Å². The molecule has 0 bridgehead atoms. The van der Waals surface area contributed by atoms with E-state index in [0.717, 1.165) is 35.5 Å². The zero-order chi connectivity index (χ0) is 22.3. The van der Waals surface area contributed by atoms with Gasteiger partial charge in [0.15, 0.2) is 11.6 Å². The van der Waals surface area contributed by atoms with Gasteiger partial charge in [0, 0.05) is 37.8 Å². The van der Waals surface area contributed by atoms with Gasteiger partial charge in [-0.25, -0.2) is 19.2 Å². The molecular formula is C23H26FN5O3. The van der Waals surface area contributed by atoms with Crippen molar-refractivity contribution in [3.8, 4) is 5.75 Å². The largest absolute Gasteiger partial charge is 0.484 e. The van der Waals surface area contributed by atoms with Gasteiger partial charge in [-0.15, -0.1) is 0 Å². The number of aliphatic imine (C=N–C) groups is 1. The minimum atomic E-state index is -0.351. The third-order valence-corrected chi connectivity index (χ3v) is 6.16. The van der Waals surface area contributed by atoms with Gasteiger partial charge in [-0.2, -0.15) is 0 Å². The van der Waals surface area contributed by atoms with Crippen molar-refractivity contribution in [1.29, 1.82) is 0 Å². The summed E-state index contributed by atoms with van der Waals surface area (Å²) in [5.74, 6) is 0.692. The van der Waals surface area contributed by atoms with Crippen LogP contribution in [0.1, 0.15) is 43.5 Å². The number of piperazine rings is 1. The second-order valence-corrected chi connectivity index (χ2v) is 8.59. The van der Waals surface area contributed by atoms with E-state index in [9.17, 15) is 9.18 Å². The van der Waals surface area contributed by atoms with Crippen molar-refractivity contribution in [3.05, 3.63) is 47.2 Å². The number of ether oxygens (including phenoxy) is 2. The average molecular weight is 439 g/mol. The molecule has 0 radical (unpaired) electrons. The van der Waals surface area contributed by atoms with Crippen LogP contribution in [0.3, 0.4) is 0 Å². The van der Waals surface area contributed by atoms with Crippen LogP contribution >= 0.6 is 0 Å². The summed E-state index contributed by atoms with van der Waals surface area (Å²) in [6.45, 7) is 7.02. The molecule has 0 spiro atoms. The number of rotatable bonds is 5. The monoisotopic (exact) mass is 439 g/mol. The number of hydrogen-bond donors (Lipinski definition) is 0. The molecule has 3 aliphatic rings. The third kappa shape index (κ3) is 3.99. The summed E-state index contributed by atoms with van der Waals surface area (Å²) in [6.07, 6.45) is 3.11. The highest BCUT2D eigenvalue weighted by Gasteiger charge is 2.41. The maximum absolute atomic E-state index is 14.5. The van der Waals surface area contributed by atoms with Crippen LogP contribution in [0, 0.1) is 5.82 Å². The van der Waals surface area contributed by atoms with Crippen molar-refractivity contribution in [2.24, 2.45) is 4.99 Å². The number of benzene rings is 1. The Morgan fingerprint density at radius 2 is 1.94 bits per heavy atom. The highest BCUT2D eigenvalue weighted by Crippen LogP contribution is 2.41. The van der Waals surface area contributed by atoms with E-state index in [1.807, 2.05) is 13.0 Å². The first-order chi connectivity index (χ1) is 15.5. The molecule has 0 unspecified atom stereocenters. The number of anilines is 1. The number of nitrogens with zero attached hydrogens (tertiary/aromatic N) is 5. The van der Waals surface area contributed by atoms with Gasteiger partial charge in [-0.1, -0.05) is 0 Å². The van der Waals surface area contributed by atoms with E-state index in [1.165, 1.54) is 12.4 Å². The second kappa shape index (κ2) is 8.03. The second-order valence-electron chi connectivity index (χ2n) is 8.59. The molecule has 9 heteroatoms. The van der Waals surface area contributed by atoms with Crippen LogP contribution in [0.5, 0.6) is 5.75 Å². The molecule has 1 saturated heterocycles. The van der Waals surface area contributed by atoms with E-state index in [-0.39, 0.29) is 23.3 Å². The lowest BCUT2D eigenvalue weighted by molar-refractivity contribution is 0.105. The van der Waals surface area contributed by atoms with E-state index in [1.54, 1.807) is 17.9 Å². The van der Waals surface area contributed by atoms with Crippen LogP contribution < -0.4 is 9.64 Å². The highest BCUT2D eigenvalue weighted by atomic mass is 19.1. The summed E-state index contributed by atoms with van der Waals surface area (Å²) >= 11 is 0. The smallest absolute Gasteiger partial charge is 0.409 e. The molecule has 5 rings (SSSR count). The molecule has 0 atom stereocenters. The number of hydrogen-bond acceptors (Lipinski definition) is 7. The van der Waals surface area contributed by atoms with E-state index < -0.39 is 0 Å². The molecule has 1 aromatic carbocycles. The lowest BCUT2D eigenvalue weighted by atomic mass is 10.0. The van der Waals surface area contributed by atoms with Crippen LogP contribution in [0.15, 0.2) is 29.5 Å². The minimum absolute atomic E-state index is 0.265.